The topological polar surface area (TPSA) is 73.9 Å². The van der Waals surface area contributed by atoms with Crippen molar-refractivity contribution in [3.05, 3.63) is 65.0 Å². The third-order valence-electron chi connectivity index (χ3n) is 4.63. The van der Waals surface area contributed by atoms with Gasteiger partial charge in [-0.05, 0) is 48.7 Å². The summed E-state index contributed by atoms with van der Waals surface area (Å²) in [6, 6.07) is 15.0. The standard InChI is InChI=1S/C24H25NO5S/c1-4-16-6-10-19(11-7-16)30-14-21(26)25-23-22(24(27)29-5-2)20(15-31-23)17-8-12-18(28-3)13-9-17/h6-13,15H,4-5,14H2,1-3H3,(H,25,26). The quantitative estimate of drug-likeness (QED) is 0.465. The fourth-order valence-electron chi connectivity index (χ4n) is 2.97. The molecule has 1 N–H and O–H groups in total. The highest BCUT2D eigenvalue weighted by Gasteiger charge is 2.23. The normalized spacial score (nSPS) is 10.4. The minimum absolute atomic E-state index is 0.163. The monoisotopic (exact) mass is 439 g/mol. The molecule has 0 aliphatic carbocycles. The molecule has 1 heterocycles. The van der Waals surface area contributed by atoms with E-state index in [9.17, 15) is 9.59 Å². The highest BCUT2D eigenvalue weighted by Crippen LogP contribution is 2.36. The summed E-state index contributed by atoms with van der Waals surface area (Å²) in [7, 11) is 1.59. The molecular formula is C24H25NO5S. The molecule has 1 aromatic heterocycles. The number of hydrogen-bond donors (Lipinski definition) is 1. The van der Waals surface area contributed by atoms with E-state index in [4.69, 9.17) is 14.2 Å². The van der Waals surface area contributed by atoms with Crippen LogP contribution >= 0.6 is 11.3 Å². The van der Waals surface area contributed by atoms with Gasteiger partial charge in [-0.25, -0.2) is 4.79 Å². The predicted octanol–water partition coefficient (Wildman–Crippen LogP) is 5.18. The molecule has 0 saturated carbocycles. The molecule has 6 nitrogen and oxygen atoms in total. The Hall–Kier alpha value is -3.32. The number of anilines is 1. The van der Waals surface area contributed by atoms with E-state index in [0.717, 1.165) is 12.0 Å². The fourth-order valence-corrected chi connectivity index (χ4v) is 3.95. The van der Waals surface area contributed by atoms with Crippen molar-refractivity contribution in [1.82, 2.24) is 0 Å². The molecule has 0 saturated heterocycles. The van der Waals surface area contributed by atoms with Crippen LogP contribution in [0.5, 0.6) is 11.5 Å². The lowest BCUT2D eigenvalue weighted by Crippen LogP contribution is -2.21. The summed E-state index contributed by atoms with van der Waals surface area (Å²) in [5.74, 6) is 0.492. The minimum atomic E-state index is -0.485. The zero-order valence-electron chi connectivity index (χ0n) is 17.8. The second-order valence-electron chi connectivity index (χ2n) is 6.64. The molecule has 0 unspecified atom stereocenters. The molecule has 3 rings (SSSR count). The summed E-state index contributed by atoms with van der Waals surface area (Å²) >= 11 is 1.27. The number of carbonyl (C=O) groups excluding carboxylic acids is 2. The van der Waals surface area contributed by atoms with Crippen molar-refractivity contribution in [3.8, 4) is 22.6 Å². The third-order valence-corrected chi connectivity index (χ3v) is 5.52. The van der Waals surface area contributed by atoms with Gasteiger partial charge in [-0.1, -0.05) is 31.2 Å². The first-order valence-electron chi connectivity index (χ1n) is 10.00. The van der Waals surface area contributed by atoms with Crippen molar-refractivity contribution < 1.29 is 23.8 Å². The maximum absolute atomic E-state index is 12.6. The number of amides is 1. The number of benzene rings is 2. The Bertz CT molecular complexity index is 1030. The molecule has 7 heteroatoms. The Balaban J connectivity index is 1.76. The highest BCUT2D eigenvalue weighted by atomic mass is 32.1. The molecule has 31 heavy (non-hydrogen) atoms. The molecule has 0 aliphatic rings. The van der Waals surface area contributed by atoms with Crippen LogP contribution in [-0.4, -0.2) is 32.2 Å². The van der Waals surface area contributed by atoms with Crippen LogP contribution in [0.15, 0.2) is 53.9 Å². The Morgan fingerprint density at radius 1 is 0.968 bits per heavy atom. The van der Waals surface area contributed by atoms with Gasteiger partial charge in [-0.15, -0.1) is 11.3 Å². The van der Waals surface area contributed by atoms with Gasteiger partial charge in [-0.2, -0.15) is 0 Å². The van der Waals surface area contributed by atoms with Crippen LogP contribution in [0.4, 0.5) is 5.00 Å². The lowest BCUT2D eigenvalue weighted by atomic mass is 10.0. The van der Waals surface area contributed by atoms with E-state index in [2.05, 4.69) is 12.2 Å². The summed E-state index contributed by atoms with van der Waals surface area (Å²) in [6.45, 7) is 3.89. The molecule has 1 amide bonds. The fraction of sp³-hybridized carbons (Fsp3) is 0.250. The lowest BCUT2D eigenvalue weighted by molar-refractivity contribution is -0.118. The Labute approximate surface area is 185 Å². The molecule has 162 valence electrons. The number of nitrogens with one attached hydrogen (secondary N) is 1. The zero-order valence-corrected chi connectivity index (χ0v) is 18.6. The van der Waals surface area contributed by atoms with E-state index in [1.165, 1.54) is 16.9 Å². The summed E-state index contributed by atoms with van der Waals surface area (Å²) in [6.07, 6.45) is 0.937. The number of ether oxygens (including phenoxy) is 3. The van der Waals surface area contributed by atoms with Crippen LogP contribution < -0.4 is 14.8 Å². The summed E-state index contributed by atoms with van der Waals surface area (Å²) in [5, 5.41) is 5.04. The molecule has 0 spiro atoms. The maximum atomic E-state index is 12.6. The maximum Gasteiger partial charge on any atom is 0.341 e. The first kappa shape index (κ1) is 22.4. The SMILES string of the molecule is CCOC(=O)c1c(-c2ccc(OC)cc2)csc1NC(=O)COc1ccc(CC)cc1. The third kappa shape index (κ3) is 5.64. The molecular weight excluding hydrogens is 414 g/mol. The van der Waals surface area contributed by atoms with Crippen LogP contribution in [0.2, 0.25) is 0 Å². The van der Waals surface area contributed by atoms with E-state index in [0.29, 0.717) is 27.6 Å². The zero-order chi connectivity index (χ0) is 22.2. The van der Waals surface area contributed by atoms with Gasteiger partial charge in [-0.3, -0.25) is 4.79 Å². The van der Waals surface area contributed by atoms with Crippen LogP contribution in [0, 0.1) is 0 Å². The molecule has 0 radical (unpaired) electrons. The van der Waals surface area contributed by atoms with E-state index in [-0.39, 0.29) is 19.1 Å². The first-order valence-corrected chi connectivity index (χ1v) is 10.9. The van der Waals surface area contributed by atoms with E-state index in [1.54, 1.807) is 14.0 Å². The average Bonchev–Trinajstić information content (AvgIpc) is 3.21. The summed E-state index contributed by atoms with van der Waals surface area (Å²) in [5.41, 5.74) is 3.04. The van der Waals surface area contributed by atoms with Crippen molar-refractivity contribution in [2.75, 3.05) is 25.6 Å². The van der Waals surface area contributed by atoms with Gasteiger partial charge in [0.1, 0.15) is 22.1 Å². The number of aryl methyl sites for hydroxylation is 1. The highest BCUT2D eigenvalue weighted by molar-refractivity contribution is 7.15. The van der Waals surface area contributed by atoms with Gasteiger partial charge in [0.25, 0.3) is 5.91 Å². The minimum Gasteiger partial charge on any atom is -0.497 e. The van der Waals surface area contributed by atoms with Crippen LogP contribution in [0.25, 0.3) is 11.1 Å². The van der Waals surface area contributed by atoms with E-state index >= 15 is 0 Å². The number of esters is 1. The molecule has 3 aromatic rings. The van der Waals surface area contributed by atoms with Crippen LogP contribution in [-0.2, 0) is 16.0 Å². The second-order valence-corrected chi connectivity index (χ2v) is 7.52. The largest absolute Gasteiger partial charge is 0.497 e. The number of carbonyl (C=O) groups is 2. The number of methoxy groups -OCH3 is 1. The van der Waals surface area contributed by atoms with Gasteiger partial charge in [0, 0.05) is 10.9 Å². The van der Waals surface area contributed by atoms with Gasteiger partial charge < -0.3 is 19.5 Å². The van der Waals surface area contributed by atoms with Crippen molar-refractivity contribution in [1.29, 1.82) is 0 Å². The van der Waals surface area contributed by atoms with Crippen LogP contribution in [0.3, 0.4) is 0 Å². The Morgan fingerprint density at radius 3 is 2.26 bits per heavy atom. The van der Waals surface area contributed by atoms with Crippen LogP contribution in [0.1, 0.15) is 29.8 Å². The van der Waals surface area contributed by atoms with Crippen molar-refractivity contribution in [2.45, 2.75) is 20.3 Å². The van der Waals surface area contributed by atoms with Gasteiger partial charge in [0.15, 0.2) is 6.61 Å². The Kier molecular flexibility index (Phi) is 7.67. The lowest BCUT2D eigenvalue weighted by Gasteiger charge is -2.10. The molecule has 0 atom stereocenters. The van der Waals surface area contributed by atoms with E-state index in [1.807, 2.05) is 53.9 Å². The van der Waals surface area contributed by atoms with Crippen molar-refractivity contribution >= 4 is 28.2 Å². The number of hydrogen-bond acceptors (Lipinski definition) is 6. The summed E-state index contributed by atoms with van der Waals surface area (Å²) in [4.78, 5) is 25.1. The number of rotatable bonds is 9. The van der Waals surface area contributed by atoms with Crippen molar-refractivity contribution in [3.63, 3.8) is 0 Å². The molecule has 0 bridgehead atoms. The number of thiophene rings is 1. The molecule has 2 aromatic carbocycles. The molecule has 0 aliphatic heterocycles. The van der Waals surface area contributed by atoms with E-state index < -0.39 is 5.97 Å². The molecule has 0 fully saturated rings. The predicted molar refractivity (Wildman–Crippen MR) is 122 cm³/mol. The Morgan fingerprint density at radius 2 is 1.65 bits per heavy atom. The van der Waals surface area contributed by atoms with Gasteiger partial charge in [0.2, 0.25) is 0 Å². The summed E-state index contributed by atoms with van der Waals surface area (Å²) < 4.78 is 16.0. The van der Waals surface area contributed by atoms with Crippen molar-refractivity contribution in [2.24, 2.45) is 0 Å². The van der Waals surface area contributed by atoms with Gasteiger partial charge >= 0.3 is 5.97 Å². The smallest absolute Gasteiger partial charge is 0.341 e. The second kappa shape index (κ2) is 10.6. The average molecular weight is 440 g/mol. The first-order chi connectivity index (χ1) is 15.0. The van der Waals surface area contributed by atoms with Gasteiger partial charge in [0.05, 0.1) is 13.7 Å².